The second-order valence-electron chi connectivity index (χ2n) is 3.91. The zero-order valence-electron chi connectivity index (χ0n) is 10.9. The highest BCUT2D eigenvalue weighted by atomic mass is 35.5. The maximum absolute atomic E-state index is 11.9. The van der Waals surface area contributed by atoms with Gasteiger partial charge in [0.1, 0.15) is 12.4 Å². The summed E-state index contributed by atoms with van der Waals surface area (Å²) in [6, 6.07) is 8.21. The molecule has 1 aromatic carbocycles. The molecule has 2 rings (SSSR count). The smallest absolute Gasteiger partial charge is 0.291 e. The lowest BCUT2D eigenvalue weighted by Gasteiger charge is -2.12. The summed E-state index contributed by atoms with van der Waals surface area (Å²) >= 11 is 5.93. The van der Waals surface area contributed by atoms with E-state index in [-0.39, 0.29) is 11.7 Å². The summed E-state index contributed by atoms with van der Waals surface area (Å²) in [5.74, 6) is 0.369. The first kappa shape index (κ1) is 14.4. The SMILES string of the molecule is COCCOc1ccc(Cl)cc1NC(=O)c1ccco1. The monoisotopic (exact) mass is 295 g/mol. The third-order valence-corrected chi connectivity index (χ3v) is 2.71. The van der Waals surface area contributed by atoms with Gasteiger partial charge in [0.2, 0.25) is 0 Å². The van der Waals surface area contributed by atoms with Crippen molar-refractivity contribution in [2.45, 2.75) is 0 Å². The van der Waals surface area contributed by atoms with Crippen LogP contribution in [0.1, 0.15) is 10.6 Å². The minimum Gasteiger partial charge on any atom is -0.489 e. The molecule has 6 heteroatoms. The first-order valence-electron chi connectivity index (χ1n) is 5.97. The van der Waals surface area contributed by atoms with Crippen molar-refractivity contribution in [3.05, 3.63) is 47.4 Å². The van der Waals surface area contributed by atoms with Crippen molar-refractivity contribution < 1.29 is 18.7 Å². The van der Waals surface area contributed by atoms with E-state index in [1.54, 1.807) is 37.4 Å². The Labute approximate surface area is 121 Å². The predicted molar refractivity (Wildman–Crippen MR) is 75.5 cm³/mol. The molecule has 0 unspecified atom stereocenters. The van der Waals surface area contributed by atoms with Crippen LogP contribution in [-0.2, 0) is 4.74 Å². The van der Waals surface area contributed by atoms with Crippen LogP contribution in [0, 0.1) is 0 Å². The highest BCUT2D eigenvalue weighted by Crippen LogP contribution is 2.28. The first-order valence-corrected chi connectivity index (χ1v) is 6.34. The van der Waals surface area contributed by atoms with Crippen molar-refractivity contribution in [1.82, 2.24) is 0 Å². The molecule has 0 bridgehead atoms. The van der Waals surface area contributed by atoms with Gasteiger partial charge in [0.25, 0.3) is 5.91 Å². The second-order valence-corrected chi connectivity index (χ2v) is 4.35. The molecule has 106 valence electrons. The highest BCUT2D eigenvalue weighted by molar-refractivity contribution is 6.31. The maximum atomic E-state index is 11.9. The van der Waals surface area contributed by atoms with Crippen LogP contribution in [0.3, 0.4) is 0 Å². The van der Waals surface area contributed by atoms with Crippen LogP contribution in [0.5, 0.6) is 5.75 Å². The van der Waals surface area contributed by atoms with Gasteiger partial charge in [-0.1, -0.05) is 11.6 Å². The number of furan rings is 1. The summed E-state index contributed by atoms with van der Waals surface area (Å²) in [5, 5.41) is 3.20. The van der Waals surface area contributed by atoms with E-state index >= 15 is 0 Å². The summed E-state index contributed by atoms with van der Waals surface area (Å²) in [7, 11) is 1.59. The van der Waals surface area contributed by atoms with E-state index in [0.717, 1.165) is 0 Å². The van der Waals surface area contributed by atoms with Crippen molar-refractivity contribution in [3.8, 4) is 5.75 Å². The lowest BCUT2D eigenvalue weighted by atomic mass is 10.2. The topological polar surface area (TPSA) is 60.7 Å². The van der Waals surface area contributed by atoms with Gasteiger partial charge in [-0.15, -0.1) is 0 Å². The number of rotatable bonds is 6. The summed E-state index contributed by atoms with van der Waals surface area (Å²) in [6.45, 7) is 0.829. The van der Waals surface area contributed by atoms with E-state index in [2.05, 4.69) is 5.32 Å². The normalized spacial score (nSPS) is 10.3. The van der Waals surface area contributed by atoms with Crippen LogP contribution in [0.4, 0.5) is 5.69 Å². The minimum atomic E-state index is -0.367. The molecular weight excluding hydrogens is 282 g/mol. The molecule has 20 heavy (non-hydrogen) atoms. The Balaban J connectivity index is 2.12. The number of amides is 1. The molecule has 5 nitrogen and oxygen atoms in total. The standard InChI is InChI=1S/C14H14ClNO4/c1-18-7-8-20-12-5-4-10(15)9-11(12)16-14(17)13-3-2-6-19-13/h2-6,9H,7-8H2,1H3,(H,16,17). The fourth-order valence-electron chi connectivity index (χ4n) is 1.55. The van der Waals surface area contributed by atoms with E-state index < -0.39 is 0 Å². The molecule has 1 aromatic heterocycles. The predicted octanol–water partition coefficient (Wildman–Crippen LogP) is 3.21. The third kappa shape index (κ3) is 3.76. The van der Waals surface area contributed by atoms with Crippen molar-refractivity contribution in [3.63, 3.8) is 0 Å². The van der Waals surface area contributed by atoms with Crippen molar-refractivity contribution >= 4 is 23.2 Å². The Morgan fingerprint density at radius 1 is 1.35 bits per heavy atom. The van der Waals surface area contributed by atoms with Crippen LogP contribution in [0.2, 0.25) is 5.02 Å². The van der Waals surface area contributed by atoms with Crippen LogP contribution in [0.15, 0.2) is 41.0 Å². The molecule has 0 spiro atoms. The number of carbonyl (C=O) groups is 1. The van der Waals surface area contributed by atoms with Gasteiger partial charge in [0.05, 0.1) is 18.6 Å². The van der Waals surface area contributed by atoms with Crippen molar-refractivity contribution in [1.29, 1.82) is 0 Å². The van der Waals surface area contributed by atoms with E-state index in [9.17, 15) is 4.79 Å². The third-order valence-electron chi connectivity index (χ3n) is 2.48. The van der Waals surface area contributed by atoms with Crippen LogP contribution in [0.25, 0.3) is 0 Å². The number of halogens is 1. The van der Waals surface area contributed by atoms with Gasteiger partial charge in [-0.05, 0) is 30.3 Å². The van der Waals surface area contributed by atoms with Crippen molar-refractivity contribution in [2.75, 3.05) is 25.6 Å². The largest absolute Gasteiger partial charge is 0.489 e. The van der Waals surface area contributed by atoms with E-state index in [0.29, 0.717) is 29.7 Å². The molecule has 2 aromatic rings. The van der Waals surface area contributed by atoms with Crippen LogP contribution >= 0.6 is 11.6 Å². The Hall–Kier alpha value is -1.98. The Morgan fingerprint density at radius 3 is 2.90 bits per heavy atom. The number of carbonyl (C=O) groups excluding carboxylic acids is 1. The highest BCUT2D eigenvalue weighted by Gasteiger charge is 2.12. The van der Waals surface area contributed by atoms with Gasteiger partial charge in [-0.2, -0.15) is 0 Å². The molecule has 0 aliphatic heterocycles. The fraction of sp³-hybridized carbons (Fsp3) is 0.214. The lowest BCUT2D eigenvalue weighted by molar-refractivity contribution is 0.0996. The van der Waals surface area contributed by atoms with E-state index in [1.165, 1.54) is 6.26 Å². The Kier molecular flexibility index (Phi) is 5.03. The average Bonchev–Trinajstić information content (AvgIpc) is 2.95. The zero-order valence-corrected chi connectivity index (χ0v) is 11.6. The van der Waals surface area contributed by atoms with Gasteiger partial charge in [-0.25, -0.2) is 0 Å². The first-order chi connectivity index (χ1) is 9.70. The number of ether oxygens (including phenoxy) is 2. The quantitative estimate of drug-likeness (QED) is 0.831. The second kappa shape index (κ2) is 6.98. The molecule has 1 amide bonds. The Bertz CT molecular complexity index is 569. The van der Waals surface area contributed by atoms with Gasteiger partial charge in [0.15, 0.2) is 5.76 Å². The van der Waals surface area contributed by atoms with Gasteiger partial charge in [-0.3, -0.25) is 4.79 Å². The van der Waals surface area contributed by atoms with Gasteiger partial charge >= 0.3 is 0 Å². The molecular formula is C14H14ClNO4. The van der Waals surface area contributed by atoms with E-state index in [4.69, 9.17) is 25.5 Å². The van der Waals surface area contributed by atoms with Crippen LogP contribution < -0.4 is 10.1 Å². The van der Waals surface area contributed by atoms with Crippen molar-refractivity contribution in [2.24, 2.45) is 0 Å². The molecule has 0 fully saturated rings. The molecule has 0 aliphatic carbocycles. The summed E-state index contributed by atoms with van der Waals surface area (Å²) < 4.78 is 15.5. The fourth-order valence-corrected chi connectivity index (χ4v) is 1.72. The minimum absolute atomic E-state index is 0.216. The van der Waals surface area contributed by atoms with Crippen LogP contribution in [-0.4, -0.2) is 26.2 Å². The molecule has 0 aliphatic rings. The summed E-state index contributed by atoms with van der Waals surface area (Å²) in [6.07, 6.45) is 1.43. The molecule has 0 saturated carbocycles. The number of hydrogen-bond acceptors (Lipinski definition) is 4. The molecule has 0 radical (unpaired) electrons. The molecule has 0 saturated heterocycles. The summed E-state index contributed by atoms with van der Waals surface area (Å²) in [4.78, 5) is 11.9. The van der Waals surface area contributed by atoms with Gasteiger partial charge < -0.3 is 19.2 Å². The molecule has 0 atom stereocenters. The van der Waals surface area contributed by atoms with E-state index in [1.807, 2.05) is 0 Å². The summed E-state index contributed by atoms with van der Waals surface area (Å²) in [5.41, 5.74) is 0.481. The average molecular weight is 296 g/mol. The number of nitrogens with one attached hydrogen (secondary N) is 1. The lowest BCUT2D eigenvalue weighted by Crippen LogP contribution is -2.13. The van der Waals surface area contributed by atoms with Gasteiger partial charge in [0, 0.05) is 12.1 Å². The number of anilines is 1. The zero-order chi connectivity index (χ0) is 14.4. The molecule has 1 N–H and O–H groups in total. The number of benzene rings is 1. The Morgan fingerprint density at radius 2 is 2.20 bits per heavy atom. The molecule has 1 heterocycles. The maximum Gasteiger partial charge on any atom is 0.291 e. The number of hydrogen-bond donors (Lipinski definition) is 1. The number of methoxy groups -OCH3 is 1.